The second-order valence-corrected chi connectivity index (χ2v) is 9.71. The normalized spacial score (nSPS) is 14.5. The largest absolute Gasteiger partial charge is 0.329 e. The lowest BCUT2D eigenvalue weighted by atomic mass is 10.1. The lowest BCUT2D eigenvalue weighted by Gasteiger charge is -2.26. The van der Waals surface area contributed by atoms with Crippen molar-refractivity contribution in [2.24, 2.45) is 0 Å². The highest BCUT2D eigenvalue weighted by molar-refractivity contribution is 7.21. The van der Waals surface area contributed by atoms with Gasteiger partial charge in [0.05, 0.1) is 0 Å². The summed E-state index contributed by atoms with van der Waals surface area (Å²) >= 11 is 1.56. The summed E-state index contributed by atoms with van der Waals surface area (Å²) in [4.78, 5) is 19.7. The van der Waals surface area contributed by atoms with Crippen LogP contribution in [-0.4, -0.2) is 46.5 Å². The molecule has 0 bridgehead atoms. The Hall–Kier alpha value is -3.03. The molecule has 0 saturated carbocycles. The lowest BCUT2D eigenvalue weighted by molar-refractivity contribution is 0.231. The standard InChI is InChI=1S/C26H30N6S/c1-19-6-8-21(9-7-19)31(2)24-11-10-22-25(30-24)33-26(28-22)29-23-18-20(12-14-27-23)13-17-32-15-4-3-5-16-32/h6-12,14,18H,3-5,13,15-17H2,1-2H3,(H,27,28,29). The van der Waals surface area contributed by atoms with Gasteiger partial charge in [-0.15, -0.1) is 0 Å². The third-order valence-electron chi connectivity index (χ3n) is 6.23. The third-order valence-corrected chi connectivity index (χ3v) is 7.11. The average molecular weight is 459 g/mol. The van der Waals surface area contributed by atoms with Gasteiger partial charge in [-0.05, 0) is 81.2 Å². The van der Waals surface area contributed by atoms with Crippen molar-refractivity contribution in [3.8, 4) is 0 Å². The van der Waals surface area contributed by atoms with Crippen LogP contribution in [0.1, 0.15) is 30.4 Å². The van der Waals surface area contributed by atoms with Crippen LogP contribution in [0.3, 0.4) is 0 Å². The zero-order valence-electron chi connectivity index (χ0n) is 19.3. The van der Waals surface area contributed by atoms with Gasteiger partial charge in [-0.2, -0.15) is 0 Å². The molecule has 33 heavy (non-hydrogen) atoms. The highest BCUT2D eigenvalue weighted by atomic mass is 32.1. The second kappa shape index (κ2) is 9.85. The van der Waals surface area contributed by atoms with E-state index < -0.39 is 0 Å². The van der Waals surface area contributed by atoms with Crippen LogP contribution in [0.15, 0.2) is 54.7 Å². The molecule has 7 heteroatoms. The summed E-state index contributed by atoms with van der Waals surface area (Å²) < 4.78 is 0. The summed E-state index contributed by atoms with van der Waals surface area (Å²) in [6.45, 7) is 5.68. The predicted octanol–water partition coefficient (Wildman–Crippen LogP) is 5.93. The molecule has 1 aliphatic rings. The van der Waals surface area contributed by atoms with E-state index in [1.807, 2.05) is 25.4 Å². The highest BCUT2D eigenvalue weighted by Crippen LogP contribution is 2.30. The number of thiazole rings is 1. The van der Waals surface area contributed by atoms with E-state index in [-0.39, 0.29) is 0 Å². The van der Waals surface area contributed by atoms with Crippen molar-refractivity contribution in [1.82, 2.24) is 19.9 Å². The summed E-state index contributed by atoms with van der Waals surface area (Å²) in [6.07, 6.45) is 6.97. The maximum atomic E-state index is 4.85. The lowest BCUT2D eigenvalue weighted by Crippen LogP contribution is -2.31. The molecule has 170 valence electrons. The van der Waals surface area contributed by atoms with Crippen LogP contribution in [0.2, 0.25) is 0 Å². The molecule has 0 atom stereocenters. The first-order valence-corrected chi connectivity index (χ1v) is 12.5. The summed E-state index contributed by atoms with van der Waals surface area (Å²) in [7, 11) is 2.04. The Morgan fingerprint density at radius 2 is 1.82 bits per heavy atom. The number of piperidine rings is 1. The van der Waals surface area contributed by atoms with Gasteiger partial charge in [0.25, 0.3) is 0 Å². The van der Waals surface area contributed by atoms with Gasteiger partial charge in [0.2, 0.25) is 0 Å². The number of rotatable bonds is 7. The Morgan fingerprint density at radius 3 is 2.64 bits per heavy atom. The number of anilines is 4. The van der Waals surface area contributed by atoms with Crippen LogP contribution in [0.25, 0.3) is 10.3 Å². The van der Waals surface area contributed by atoms with Gasteiger partial charge in [0.1, 0.15) is 22.0 Å². The van der Waals surface area contributed by atoms with E-state index in [1.54, 1.807) is 11.3 Å². The van der Waals surface area contributed by atoms with Gasteiger partial charge in [0, 0.05) is 25.5 Å². The quantitative estimate of drug-likeness (QED) is 0.370. The molecule has 4 aromatic rings. The van der Waals surface area contributed by atoms with Crippen molar-refractivity contribution < 1.29 is 0 Å². The Balaban J connectivity index is 1.28. The summed E-state index contributed by atoms with van der Waals surface area (Å²) in [6, 6.07) is 16.8. The Labute approximate surface area is 199 Å². The molecule has 1 aliphatic heterocycles. The molecule has 0 aliphatic carbocycles. The summed E-state index contributed by atoms with van der Waals surface area (Å²) in [5, 5.41) is 4.20. The number of nitrogens with zero attached hydrogens (tertiary/aromatic N) is 5. The first-order chi connectivity index (χ1) is 16.1. The van der Waals surface area contributed by atoms with E-state index in [1.165, 1.54) is 43.5 Å². The van der Waals surface area contributed by atoms with Gasteiger partial charge >= 0.3 is 0 Å². The van der Waals surface area contributed by atoms with Crippen molar-refractivity contribution in [1.29, 1.82) is 0 Å². The van der Waals surface area contributed by atoms with Crippen LogP contribution < -0.4 is 10.2 Å². The van der Waals surface area contributed by atoms with Gasteiger partial charge in [-0.1, -0.05) is 35.5 Å². The van der Waals surface area contributed by atoms with Crippen LogP contribution in [-0.2, 0) is 6.42 Å². The van der Waals surface area contributed by atoms with Crippen LogP contribution in [0.5, 0.6) is 0 Å². The molecule has 0 spiro atoms. The molecule has 1 saturated heterocycles. The number of likely N-dealkylation sites (tertiary alicyclic amines) is 1. The van der Waals surface area contributed by atoms with Gasteiger partial charge < -0.3 is 15.1 Å². The van der Waals surface area contributed by atoms with Crippen LogP contribution in [0, 0.1) is 6.92 Å². The number of hydrogen-bond donors (Lipinski definition) is 1. The van der Waals surface area contributed by atoms with Crippen molar-refractivity contribution >= 4 is 44.1 Å². The fraction of sp³-hybridized carbons (Fsp3) is 0.346. The maximum absolute atomic E-state index is 4.85. The van der Waals surface area contributed by atoms with Gasteiger partial charge in [-0.3, -0.25) is 0 Å². The minimum atomic E-state index is 0.813. The first-order valence-electron chi connectivity index (χ1n) is 11.7. The molecule has 0 amide bonds. The average Bonchev–Trinajstić information content (AvgIpc) is 3.25. The molecular weight excluding hydrogens is 428 g/mol. The zero-order chi connectivity index (χ0) is 22.6. The Morgan fingerprint density at radius 1 is 1.00 bits per heavy atom. The molecule has 5 rings (SSSR count). The van der Waals surface area contributed by atoms with E-state index in [4.69, 9.17) is 9.97 Å². The molecule has 1 fully saturated rings. The zero-order valence-corrected chi connectivity index (χ0v) is 20.1. The number of aromatic nitrogens is 3. The molecule has 3 aromatic heterocycles. The van der Waals surface area contributed by atoms with Gasteiger partial charge in [0.15, 0.2) is 5.13 Å². The van der Waals surface area contributed by atoms with Gasteiger partial charge in [-0.25, -0.2) is 15.0 Å². The van der Waals surface area contributed by atoms with Crippen molar-refractivity contribution in [3.63, 3.8) is 0 Å². The van der Waals surface area contributed by atoms with E-state index >= 15 is 0 Å². The maximum Gasteiger partial charge on any atom is 0.190 e. The molecular formula is C26H30N6S. The second-order valence-electron chi connectivity index (χ2n) is 8.73. The highest BCUT2D eigenvalue weighted by Gasteiger charge is 2.12. The topological polar surface area (TPSA) is 57.2 Å². The van der Waals surface area contributed by atoms with E-state index in [9.17, 15) is 0 Å². The first kappa shape index (κ1) is 21.8. The number of aryl methyl sites for hydroxylation is 1. The van der Waals surface area contributed by atoms with Crippen LogP contribution >= 0.6 is 11.3 Å². The Bertz CT molecular complexity index is 1210. The summed E-state index contributed by atoms with van der Waals surface area (Å²) in [5.41, 5.74) is 4.56. The molecule has 4 heterocycles. The van der Waals surface area contributed by atoms with Crippen molar-refractivity contribution in [3.05, 3.63) is 65.9 Å². The molecule has 1 aromatic carbocycles. The molecule has 6 nitrogen and oxygen atoms in total. The van der Waals surface area contributed by atoms with E-state index in [0.717, 1.165) is 45.8 Å². The minimum absolute atomic E-state index is 0.813. The number of hydrogen-bond acceptors (Lipinski definition) is 7. The van der Waals surface area contributed by atoms with E-state index in [0.29, 0.717) is 0 Å². The fourth-order valence-corrected chi connectivity index (χ4v) is 5.07. The number of benzene rings is 1. The minimum Gasteiger partial charge on any atom is -0.329 e. The molecule has 0 unspecified atom stereocenters. The molecule has 1 N–H and O–H groups in total. The van der Waals surface area contributed by atoms with Crippen molar-refractivity contribution in [2.75, 3.05) is 36.9 Å². The Kier molecular flexibility index (Phi) is 6.51. The number of nitrogens with one attached hydrogen (secondary N) is 1. The van der Waals surface area contributed by atoms with Crippen molar-refractivity contribution in [2.45, 2.75) is 32.6 Å². The fourth-order valence-electron chi connectivity index (χ4n) is 4.23. The molecule has 0 radical (unpaired) electrons. The smallest absolute Gasteiger partial charge is 0.190 e. The SMILES string of the molecule is Cc1ccc(N(C)c2ccc3nc(Nc4cc(CCN5CCCCC5)ccn4)sc3n2)cc1. The monoisotopic (exact) mass is 458 g/mol. The van der Waals surface area contributed by atoms with E-state index in [2.05, 4.69) is 63.4 Å². The summed E-state index contributed by atoms with van der Waals surface area (Å²) in [5.74, 6) is 1.74. The third kappa shape index (κ3) is 5.31. The number of fused-ring (bicyclic) bond motifs is 1. The number of pyridine rings is 2. The predicted molar refractivity (Wildman–Crippen MR) is 138 cm³/mol. The van der Waals surface area contributed by atoms with Crippen LogP contribution in [0.4, 0.5) is 22.5 Å².